The molecule has 0 unspecified atom stereocenters. The van der Waals surface area contributed by atoms with E-state index in [0.717, 1.165) is 22.6 Å². The molecular weight excluding hydrogens is 318 g/mol. The Hall–Kier alpha value is -1.94. The zero-order valence-corrected chi connectivity index (χ0v) is 15.1. The first kappa shape index (κ1) is 16.9. The third kappa shape index (κ3) is 3.93. The Bertz CT molecular complexity index is 715. The molecule has 0 radical (unpaired) electrons. The van der Waals surface area contributed by atoms with Crippen molar-refractivity contribution in [3.8, 4) is 5.75 Å². The van der Waals surface area contributed by atoms with Crippen molar-refractivity contribution >= 4 is 17.7 Å². The Labute approximate surface area is 147 Å². The molecule has 2 atom stereocenters. The third-order valence-corrected chi connectivity index (χ3v) is 5.23. The summed E-state index contributed by atoms with van der Waals surface area (Å²) in [4.78, 5) is 13.8. The number of amides is 1. The molecular formula is C20H23NO2S. The number of ether oxygens (including phenoxy) is 1. The molecule has 3 rings (SSSR count). The SMILES string of the molecule is C[C@H](Sc1ccccc1)C(=O)N[C@H]1CC(C)(C)Oc2ccccc21. The molecule has 0 bridgehead atoms. The minimum Gasteiger partial charge on any atom is -0.487 e. The lowest BCUT2D eigenvalue weighted by Crippen LogP contribution is -2.43. The molecule has 0 aliphatic carbocycles. The van der Waals surface area contributed by atoms with Gasteiger partial charge in [0.15, 0.2) is 0 Å². The number of para-hydroxylation sites is 1. The molecule has 1 N–H and O–H groups in total. The van der Waals surface area contributed by atoms with Crippen LogP contribution in [-0.4, -0.2) is 16.8 Å². The smallest absolute Gasteiger partial charge is 0.233 e. The van der Waals surface area contributed by atoms with Crippen LogP contribution < -0.4 is 10.1 Å². The molecule has 1 aliphatic heterocycles. The summed E-state index contributed by atoms with van der Waals surface area (Å²) in [6, 6.07) is 18.0. The topological polar surface area (TPSA) is 38.3 Å². The van der Waals surface area contributed by atoms with Crippen molar-refractivity contribution < 1.29 is 9.53 Å². The first-order chi connectivity index (χ1) is 11.4. The Morgan fingerprint density at radius 2 is 1.83 bits per heavy atom. The van der Waals surface area contributed by atoms with Gasteiger partial charge in [0, 0.05) is 16.9 Å². The third-order valence-electron chi connectivity index (χ3n) is 4.12. The molecule has 126 valence electrons. The fourth-order valence-corrected chi connectivity index (χ4v) is 3.87. The first-order valence-electron chi connectivity index (χ1n) is 8.25. The summed E-state index contributed by atoms with van der Waals surface area (Å²) < 4.78 is 6.03. The Balaban J connectivity index is 1.72. The lowest BCUT2D eigenvalue weighted by Gasteiger charge is -2.38. The van der Waals surface area contributed by atoms with E-state index in [1.54, 1.807) is 11.8 Å². The van der Waals surface area contributed by atoms with Gasteiger partial charge in [0.05, 0.1) is 11.3 Å². The highest BCUT2D eigenvalue weighted by atomic mass is 32.2. The fraction of sp³-hybridized carbons (Fsp3) is 0.350. The van der Waals surface area contributed by atoms with Crippen LogP contribution in [0.2, 0.25) is 0 Å². The van der Waals surface area contributed by atoms with E-state index in [4.69, 9.17) is 4.74 Å². The second-order valence-electron chi connectivity index (χ2n) is 6.74. The number of carbonyl (C=O) groups is 1. The van der Waals surface area contributed by atoms with Crippen molar-refractivity contribution in [2.24, 2.45) is 0 Å². The van der Waals surface area contributed by atoms with Crippen molar-refractivity contribution in [2.45, 2.75) is 49.0 Å². The van der Waals surface area contributed by atoms with Crippen LogP contribution in [0, 0.1) is 0 Å². The number of carbonyl (C=O) groups excluding carboxylic acids is 1. The molecule has 1 aliphatic rings. The molecule has 0 saturated carbocycles. The molecule has 3 nitrogen and oxygen atoms in total. The van der Waals surface area contributed by atoms with Crippen molar-refractivity contribution in [3.63, 3.8) is 0 Å². The highest BCUT2D eigenvalue weighted by molar-refractivity contribution is 8.00. The Kier molecular flexibility index (Phi) is 4.86. The normalized spacial score (nSPS) is 19.7. The van der Waals surface area contributed by atoms with Gasteiger partial charge in [-0.1, -0.05) is 36.4 Å². The summed E-state index contributed by atoms with van der Waals surface area (Å²) in [7, 11) is 0. The number of rotatable bonds is 4. The minimum atomic E-state index is -0.290. The zero-order valence-electron chi connectivity index (χ0n) is 14.3. The van der Waals surface area contributed by atoms with Crippen molar-refractivity contribution in [3.05, 3.63) is 60.2 Å². The van der Waals surface area contributed by atoms with Crippen molar-refractivity contribution in [1.29, 1.82) is 0 Å². The summed E-state index contributed by atoms with van der Waals surface area (Å²) >= 11 is 1.58. The van der Waals surface area contributed by atoms with E-state index in [-0.39, 0.29) is 22.8 Å². The van der Waals surface area contributed by atoms with E-state index >= 15 is 0 Å². The number of hydrogen-bond acceptors (Lipinski definition) is 3. The molecule has 0 spiro atoms. The Morgan fingerprint density at radius 3 is 2.58 bits per heavy atom. The molecule has 2 aromatic carbocycles. The molecule has 0 aromatic heterocycles. The summed E-state index contributed by atoms with van der Waals surface area (Å²) in [6.45, 7) is 6.07. The molecule has 0 saturated heterocycles. The first-order valence-corrected chi connectivity index (χ1v) is 9.13. The maximum atomic E-state index is 12.7. The molecule has 0 fully saturated rings. The summed E-state index contributed by atoms with van der Waals surface area (Å²) in [5.41, 5.74) is 0.768. The molecule has 1 heterocycles. The van der Waals surface area contributed by atoms with Crippen molar-refractivity contribution in [2.75, 3.05) is 0 Å². The highest BCUT2D eigenvalue weighted by Crippen LogP contribution is 2.39. The predicted molar refractivity (Wildman–Crippen MR) is 98.4 cm³/mol. The fourth-order valence-electron chi connectivity index (χ4n) is 2.98. The minimum absolute atomic E-state index is 0.0173. The van der Waals surface area contributed by atoms with Gasteiger partial charge in [0.2, 0.25) is 5.91 Å². The maximum absolute atomic E-state index is 12.7. The van der Waals surface area contributed by atoms with Crippen LogP contribution in [0.1, 0.15) is 38.8 Å². The van der Waals surface area contributed by atoms with Gasteiger partial charge in [-0.25, -0.2) is 0 Å². The quantitative estimate of drug-likeness (QED) is 0.827. The van der Waals surface area contributed by atoms with Gasteiger partial charge in [0.25, 0.3) is 0 Å². The number of thioether (sulfide) groups is 1. The van der Waals surface area contributed by atoms with Crippen LogP contribution in [0.4, 0.5) is 0 Å². The number of nitrogens with one attached hydrogen (secondary N) is 1. The molecule has 2 aromatic rings. The molecule has 24 heavy (non-hydrogen) atoms. The van der Waals surface area contributed by atoms with E-state index in [1.807, 2.05) is 61.5 Å². The van der Waals surface area contributed by atoms with Gasteiger partial charge < -0.3 is 10.1 Å². The lowest BCUT2D eigenvalue weighted by molar-refractivity contribution is -0.121. The van der Waals surface area contributed by atoms with E-state index < -0.39 is 0 Å². The summed E-state index contributed by atoms with van der Waals surface area (Å²) in [5.74, 6) is 0.920. The second-order valence-corrected chi connectivity index (χ2v) is 8.15. The van der Waals surface area contributed by atoms with E-state index in [1.165, 1.54) is 0 Å². The average Bonchev–Trinajstić information content (AvgIpc) is 2.54. The van der Waals surface area contributed by atoms with Gasteiger partial charge in [-0.15, -0.1) is 11.8 Å². The lowest BCUT2D eigenvalue weighted by atomic mass is 9.89. The van der Waals surface area contributed by atoms with Crippen LogP contribution in [0.25, 0.3) is 0 Å². The van der Waals surface area contributed by atoms with Crippen LogP contribution in [0.15, 0.2) is 59.5 Å². The second kappa shape index (κ2) is 6.89. The van der Waals surface area contributed by atoms with E-state index in [2.05, 4.69) is 19.2 Å². The molecule has 1 amide bonds. The van der Waals surface area contributed by atoms with Crippen LogP contribution in [-0.2, 0) is 4.79 Å². The van der Waals surface area contributed by atoms with Gasteiger partial charge in [-0.3, -0.25) is 4.79 Å². The maximum Gasteiger partial charge on any atom is 0.233 e. The zero-order chi connectivity index (χ0) is 17.2. The van der Waals surface area contributed by atoms with Crippen LogP contribution >= 0.6 is 11.8 Å². The monoisotopic (exact) mass is 341 g/mol. The Morgan fingerprint density at radius 1 is 1.17 bits per heavy atom. The average molecular weight is 341 g/mol. The number of benzene rings is 2. The summed E-state index contributed by atoms with van der Waals surface area (Å²) in [6.07, 6.45) is 0.762. The predicted octanol–water partition coefficient (Wildman–Crippen LogP) is 4.59. The standard InChI is InChI=1S/C20H23NO2S/c1-14(24-15-9-5-4-6-10-15)19(22)21-17-13-20(2,3)23-18-12-8-7-11-16(17)18/h4-12,14,17H,13H2,1-3H3,(H,21,22)/t14-,17-/m0/s1. The van der Waals surface area contributed by atoms with Gasteiger partial charge in [-0.2, -0.15) is 0 Å². The van der Waals surface area contributed by atoms with Gasteiger partial charge >= 0.3 is 0 Å². The van der Waals surface area contributed by atoms with E-state index in [0.29, 0.717) is 0 Å². The van der Waals surface area contributed by atoms with Gasteiger partial charge in [0.1, 0.15) is 11.4 Å². The number of fused-ring (bicyclic) bond motifs is 1. The van der Waals surface area contributed by atoms with Crippen LogP contribution in [0.3, 0.4) is 0 Å². The highest BCUT2D eigenvalue weighted by Gasteiger charge is 2.34. The molecule has 4 heteroatoms. The summed E-state index contributed by atoms with van der Waals surface area (Å²) in [5, 5.41) is 3.06. The van der Waals surface area contributed by atoms with Gasteiger partial charge in [-0.05, 0) is 39.0 Å². The van der Waals surface area contributed by atoms with Crippen molar-refractivity contribution in [1.82, 2.24) is 5.32 Å². The van der Waals surface area contributed by atoms with Crippen LogP contribution in [0.5, 0.6) is 5.75 Å². The van der Waals surface area contributed by atoms with E-state index in [9.17, 15) is 4.79 Å². The number of hydrogen-bond donors (Lipinski definition) is 1. The largest absolute Gasteiger partial charge is 0.487 e.